The number of carboxylic acids is 1. The van der Waals surface area contributed by atoms with E-state index in [2.05, 4.69) is 6.92 Å². The predicted molar refractivity (Wildman–Crippen MR) is 77.6 cm³/mol. The van der Waals surface area contributed by atoms with Gasteiger partial charge in [-0.3, -0.25) is 4.79 Å². The van der Waals surface area contributed by atoms with E-state index in [4.69, 9.17) is 4.74 Å². The van der Waals surface area contributed by atoms with E-state index in [1.807, 2.05) is 0 Å². The zero-order chi connectivity index (χ0) is 14.2. The van der Waals surface area contributed by atoms with Crippen LogP contribution in [-0.2, 0) is 9.53 Å². The van der Waals surface area contributed by atoms with Gasteiger partial charge in [0.2, 0.25) is 0 Å². The van der Waals surface area contributed by atoms with Gasteiger partial charge in [0.05, 0.1) is 17.1 Å². The zero-order valence-electron chi connectivity index (χ0n) is 12.7. The minimum absolute atomic E-state index is 0.132. The van der Waals surface area contributed by atoms with Crippen LogP contribution in [0, 0.1) is 11.3 Å². The molecule has 0 amide bonds. The molecule has 2 aliphatic carbocycles. The van der Waals surface area contributed by atoms with Crippen molar-refractivity contribution in [1.29, 1.82) is 0 Å². The van der Waals surface area contributed by atoms with Crippen molar-refractivity contribution in [2.45, 2.75) is 89.3 Å². The minimum atomic E-state index is -0.579. The van der Waals surface area contributed by atoms with Gasteiger partial charge in [-0.2, -0.15) is 0 Å². The summed E-state index contributed by atoms with van der Waals surface area (Å²) in [6.07, 6.45) is 12.1. The predicted octanol–water partition coefficient (Wildman–Crippen LogP) is 4.15. The number of aliphatic carboxylic acids is 1. The summed E-state index contributed by atoms with van der Waals surface area (Å²) in [4.78, 5) is 11.8. The van der Waals surface area contributed by atoms with Gasteiger partial charge in [-0.05, 0) is 57.3 Å². The smallest absolute Gasteiger partial charge is 0.309 e. The Kier molecular flexibility index (Phi) is 3.83. The van der Waals surface area contributed by atoms with E-state index in [1.165, 1.54) is 25.7 Å². The van der Waals surface area contributed by atoms with Gasteiger partial charge < -0.3 is 9.84 Å². The average Bonchev–Trinajstić information content (AvgIpc) is 3.13. The van der Waals surface area contributed by atoms with Gasteiger partial charge in [-0.15, -0.1) is 0 Å². The standard InChI is InChI=1S/C17H28O3/c1-2-13-5-9-16(11-13,15(18)19)12-14-6-10-17(20-14)7-3-4-8-17/h13-14H,2-12H2,1H3,(H,18,19). The van der Waals surface area contributed by atoms with Crippen LogP contribution in [-0.4, -0.2) is 22.8 Å². The van der Waals surface area contributed by atoms with Crippen LogP contribution in [0.2, 0.25) is 0 Å². The van der Waals surface area contributed by atoms with Crippen molar-refractivity contribution in [3.8, 4) is 0 Å². The highest BCUT2D eigenvalue weighted by Crippen LogP contribution is 2.51. The van der Waals surface area contributed by atoms with E-state index in [1.54, 1.807) is 0 Å². The van der Waals surface area contributed by atoms with Crippen molar-refractivity contribution in [3.63, 3.8) is 0 Å². The normalized spacial score (nSPS) is 39.6. The highest BCUT2D eigenvalue weighted by Gasteiger charge is 2.50. The molecule has 3 heteroatoms. The van der Waals surface area contributed by atoms with Gasteiger partial charge in [0.15, 0.2) is 0 Å². The zero-order valence-corrected chi connectivity index (χ0v) is 12.7. The highest BCUT2D eigenvalue weighted by molar-refractivity contribution is 5.75. The fourth-order valence-corrected chi connectivity index (χ4v) is 4.91. The SMILES string of the molecule is CCC1CCC(CC2CCC3(CCCC3)O2)(C(=O)O)C1. The Balaban J connectivity index is 1.65. The van der Waals surface area contributed by atoms with Crippen molar-refractivity contribution in [1.82, 2.24) is 0 Å². The fraction of sp³-hybridized carbons (Fsp3) is 0.941. The molecule has 1 heterocycles. The second-order valence-electron chi connectivity index (χ2n) is 7.48. The summed E-state index contributed by atoms with van der Waals surface area (Å²) in [5.74, 6) is 0.0253. The first-order valence-electron chi connectivity index (χ1n) is 8.49. The van der Waals surface area contributed by atoms with Crippen molar-refractivity contribution in [3.05, 3.63) is 0 Å². The Hall–Kier alpha value is -0.570. The summed E-state index contributed by atoms with van der Waals surface area (Å²) >= 11 is 0. The lowest BCUT2D eigenvalue weighted by atomic mass is 9.79. The molecule has 1 aliphatic heterocycles. The molecule has 114 valence electrons. The lowest BCUT2D eigenvalue weighted by molar-refractivity contribution is -0.152. The van der Waals surface area contributed by atoms with E-state index < -0.39 is 11.4 Å². The van der Waals surface area contributed by atoms with Crippen LogP contribution < -0.4 is 0 Å². The summed E-state index contributed by atoms with van der Waals surface area (Å²) < 4.78 is 6.35. The van der Waals surface area contributed by atoms with Crippen LogP contribution >= 0.6 is 0 Å². The molecule has 2 saturated carbocycles. The van der Waals surface area contributed by atoms with Gasteiger partial charge in [-0.25, -0.2) is 0 Å². The van der Waals surface area contributed by atoms with Crippen molar-refractivity contribution < 1.29 is 14.6 Å². The third-order valence-electron chi connectivity index (χ3n) is 6.21. The van der Waals surface area contributed by atoms with Gasteiger partial charge in [0, 0.05) is 0 Å². The number of hydrogen-bond acceptors (Lipinski definition) is 2. The third kappa shape index (κ3) is 2.49. The minimum Gasteiger partial charge on any atom is -0.481 e. The van der Waals surface area contributed by atoms with Crippen LogP contribution in [0.3, 0.4) is 0 Å². The number of hydrogen-bond donors (Lipinski definition) is 1. The van der Waals surface area contributed by atoms with Crippen LogP contribution in [0.15, 0.2) is 0 Å². The maximum absolute atomic E-state index is 11.8. The number of carboxylic acid groups (broad SMARTS) is 1. The average molecular weight is 280 g/mol. The van der Waals surface area contributed by atoms with Crippen molar-refractivity contribution in [2.75, 3.05) is 0 Å². The first-order valence-corrected chi connectivity index (χ1v) is 8.49. The summed E-state index contributed by atoms with van der Waals surface area (Å²) in [6.45, 7) is 2.18. The molecule has 1 spiro atoms. The molecule has 0 aromatic heterocycles. The van der Waals surface area contributed by atoms with Gasteiger partial charge in [0.25, 0.3) is 0 Å². The molecule has 3 atom stereocenters. The van der Waals surface area contributed by atoms with E-state index in [9.17, 15) is 9.90 Å². The Morgan fingerprint density at radius 2 is 1.95 bits per heavy atom. The number of rotatable bonds is 4. The summed E-state index contributed by atoms with van der Waals surface area (Å²) in [7, 11) is 0. The van der Waals surface area contributed by atoms with Gasteiger partial charge >= 0.3 is 5.97 Å². The van der Waals surface area contributed by atoms with E-state index in [-0.39, 0.29) is 11.7 Å². The Morgan fingerprint density at radius 1 is 1.20 bits per heavy atom. The second kappa shape index (κ2) is 5.32. The van der Waals surface area contributed by atoms with E-state index >= 15 is 0 Å². The Morgan fingerprint density at radius 3 is 2.55 bits per heavy atom. The molecule has 3 unspecified atom stereocenters. The molecule has 0 aromatic rings. The Labute approximate surface area is 122 Å². The largest absolute Gasteiger partial charge is 0.481 e. The number of carbonyl (C=O) groups is 1. The van der Waals surface area contributed by atoms with Crippen molar-refractivity contribution in [2.24, 2.45) is 11.3 Å². The van der Waals surface area contributed by atoms with Crippen molar-refractivity contribution >= 4 is 5.97 Å². The molecule has 0 aromatic carbocycles. The third-order valence-corrected chi connectivity index (χ3v) is 6.21. The van der Waals surface area contributed by atoms with Gasteiger partial charge in [-0.1, -0.05) is 26.2 Å². The maximum atomic E-state index is 11.8. The number of ether oxygens (including phenoxy) is 1. The summed E-state index contributed by atoms with van der Waals surface area (Å²) in [5, 5.41) is 9.74. The molecular weight excluding hydrogens is 252 g/mol. The first kappa shape index (κ1) is 14.4. The molecule has 3 fully saturated rings. The summed E-state index contributed by atoms with van der Waals surface area (Å²) in [6, 6.07) is 0. The lowest BCUT2D eigenvalue weighted by Gasteiger charge is -2.30. The van der Waals surface area contributed by atoms with Crippen LogP contribution in [0.4, 0.5) is 0 Å². The molecule has 0 bridgehead atoms. The molecule has 3 rings (SSSR count). The molecule has 1 saturated heterocycles. The maximum Gasteiger partial charge on any atom is 0.309 e. The highest BCUT2D eigenvalue weighted by atomic mass is 16.5. The molecule has 0 radical (unpaired) electrons. The molecule has 20 heavy (non-hydrogen) atoms. The quantitative estimate of drug-likeness (QED) is 0.841. The molecule has 3 nitrogen and oxygen atoms in total. The Bertz CT molecular complexity index is 372. The second-order valence-corrected chi connectivity index (χ2v) is 7.48. The molecule has 3 aliphatic rings. The topological polar surface area (TPSA) is 46.5 Å². The monoisotopic (exact) mass is 280 g/mol. The molecule has 1 N–H and O–H groups in total. The first-order chi connectivity index (χ1) is 9.57. The lowest BCUT2D eigenvalue weighted by Crippen LogP contribution is -2.34. The van der Waals surface area contributed by atoms with Crippen LogP contribution in [0.25, 0.3) is 0 Å². The summed E-state index contributed by atoms with van der Waals surface area (Å²) in [5.41, 5.74) is -0.359. The van der Waals surface area contributed by atoms with E-state index in [0.717, 1.165) is 44.9 Å². The van der Waals surface area contributed by atoms with E-state index in [0.29, 0.717) is 5.92 Å². The fourth-order valence-electron chi connectivity index (χ4n) is 4.91. The van der Waals surface area contributed by atoms with Crippen LogP contribution in [0.5, 0.6) is 0 Å². The van der Waals surface area contributed by atoms with Crippen LogP contribution in [0.1, 0.15) is 77.6 Å². The van der Waals surface area contributed by atoms with Gasteiger partial charge in [0.1, 0.15) is 0 Å². The molecular formula is C17H28O3.